The van der Waals surface area contributed by atoms with Gasteiger partial charge in [-0.25, -0.2) is 17.9 Å². The lowest BCUT2D eigenvalue weighted by atomic mass is 9.81. The van der Waals surface area contributed by atoms with Crippen molar-refractivity contribution in [3.63, 3.8) is 0 Å². The monoisotopic (exact) mass is 494 g/mol. The molecule has 1 spiro atoms. The van der Waals surface area contributed by atoms with Crippen molar-refractivity contribution < 1.29 is 27.4 Å². The van der Waals surface area contributed by atoms with E-state index in [1.165, 1.54) is 5.56 Å². The number of sulfonamides is 1. The van der Waals surface area contributed by atoms with Crippen LogP contribution >= 0.6 is 0 Å². The van der Waals surface area contributed by atoms with Crippen LogP contribution in [0.25, 0.3) is 0 Å². The smallest absolute Gasteiger partial charge is 0.410 e. The first-order valence-corrected chi connectivity index (χ1v) is 14.0. The van der Waals surface area contributed by atoms with Crippen molar-refractivity contribution >= 4 is 16.1 Å². The molecule has 1 aromatic carbocycles. The Morgan fingerprint density at radius 3 is 2.53 bits per heavy atom. The largest absolute Gasteiger partial charge is 0.444 e. The number of likely N-dealkylation sites (tertiary alicyclic amines) is 1. The third-order valence-electron chi connectivity index (χ3n) is 7.06. The van der Waals surface area contributed by atoms with E-state index in [0.29, 0.717) is 25.3 Å². The zero-order chi connectivity index (χ0) is 24.4. The first kappa shape index (κ1) is 25.4. The summed E-state index contributed by atoms with van der Waals surface area (Å²) >= 11 is 0. The molecule has 0 unspecified atom stereocenters. The number of benzene rings is 1. The van der Waals surface area contributed by atoms with Crippen LogP contribution in [0.5, 0.6) is 0 Å². The number of amides is 1. The summed E-state index contributed by atoms with van der Waals surface area (Å²) in [5, 5.41) is 0. The zero-order valence-electron chi connectivity index (χ0n) is 20.5. The predicted octanol–water partition coefficient (Wildman–Crippen LogP) is 3.77. The van der Waals surface area contributed by atoms with E-state index in [4.69, 9.17) is 14.2 Å². The van der Waals surface area contributed by atoms with Gasteiger partial charge in [0.05, 0.1) is 30.9 Å². The summed E-state index contributed by atoms with van der Waals surface area (Å²) in [6.45, 7) is 6.43. The van der Waals surface area contributed by atoms with Gasteiger partial charge in [0.25, 0.3) is 0 Å². The average molecular weight is 495 g/mol. The molecule has 34 heavy (non-hydrogen) atoms. The molecule has 3 fully saturated rings. The van der Waals surface area contributed by atoms with Crippen molar-refractivity contribution in [3.05, 3.63) is 35.9 Å². The Bertz CT molecular complexity index is 936. The first-order chi connectivity index (χ1) is 16.1. The van der Waals surface area contributed by atoms with Crippen LogP contribution in [0.4, 0.5) is 4.79 Å². The number of hydrogen-bond donors (Lipinski definition) is 1. The Kier molecular flexibility index (Phi) is 7.57. The van der Waals surface area contributed by atoms with Crippen LogP contribution in [0.2, 0.25) is 0 Å². The minimum atomic E-state index is -3.60. The maximum atomic E-state index is 13.1. The fraction of sp³-hybridized carbons (Fsp3) is 0.720. The highest BCUT2D eigenvalue weighted by atomic mass is 32.2. The third-order valence-corrected chi connectivity index (χ3v) is 8.25. The Labute approximate surface area is 203 Å². The molecule has 2 saturated heterocycles. The minimum Gasteiger partial charge on any atom is -0.444 e. The molecule has 1 saturated carbocycles. The summed E-state index contributed by atoms with van der Waals surface area (Å²) in [7, 11) is -3.60. The molecule has 1 aliphatic carbocycles. The number of carbonyl (C=O) groups is 1. The first-order valence-electron chi connectivity index (χ1n) is 12.3. The molecule has 0 aromatic heterocycles. The van der Waals surface area contributed by atoms with Crippen LogP contribution < -0.4 is 4.72 Å². The zero-order valence-corrected chi connectivity index (χ0v) is 21.3. The Morgan fingerprint density at radius 2 is 1.88 bits per heavy atom. The molecule has 1 aromatic rings. The highest BCUT2D eigenvalue weighted by Crippen LogP contribution is 2.36. The van der Waals surface area contributed by atoms with Gasteiger partial charge in [-0.2, -0.15) is 0 Å². The third kappa shape index (κ3) is 6.11. The standard InChI is InChI=1S/C25H38N2O6S/c1-24(2,3)33-23(28)27-15-7-14-25(17-31-18-34(29,30)26-25)22(27)16-32-21-12-10-20(11-13-21)19-8-5-4-6-9-19/h4-6,8-9,20-22,26H,7,10-18H2,1-3H3/t20?,21?,22-,25+/m0/s1. The lowest BCUT2D eigenvalue weighted by Crippen LogP contribution is -2.71. The summed E-state index contributed by atoms with van der Waals surface area (Å²) in [5.74, 6) is 0.178. The van der Waals surface area contributed by atoms with Gasteiger partial charge in [0.1, 0.15) is 5.60 Å². The summed E-state index contributed by atoms with van der Waals surface area (Å²) in [4.78, 5) is 14.7. The van der Waals surface area contributed by atoms with E-state index in [1.54, 1.807) is 4.90 Å². The number of carbonyl (C=O) groups excluding carboxylic acids is 1. The molecule has 4 rings (SSSR count). The minimum absolute atomic E-state index is 0.0838. The fourth-order valence-corrected chi connectivity index (χ4v) is 6.76. The second-order valence-corrected chi connectivity index (χ2v) is 12.5. The number of hydrogen-bond acceptors (Lipinski definition) is 6. The molecule has 2 aliphatic heterocycles. The quantitative estimate of drug-likeness (QED) is 0.685. The molecule has 3 aliphatic rings. The van der Waals surface area contributed by atoms with E-state index in [2.05, 4.69) is 29.0 Å². The van der Waals surface area contributed by atoms with Crippen LogP contribution in [0, 0.1) is 0 Å². The van der Waals surface area contributed by atoms with E-state index in [1.807, 2.05) is 26.8 Å². The molecule has 1 N–H and O–H groups in total. The van der Waals surface area contributed by atoms with Gasteiger partial charge in [0, 0.05) is 6.54 Å². The fourth-order valence-electron chi connectivity index (χ4n) is 5.48. The van der Waals surface area contributed by atoms with Gasteiger partial charge < -0.3 is 19.1 Å². The molecule has 190 valence electrons. The lowest BCUT2D eigenvalue weighted by Gasteiger charge is -2.51. The number of ether oxygens (including phenoxy) is 3. The van der Waals surface area contributed by atoms with Gasteiger partial charge in [-0.1, -0.05) is 30.3 Å². The van der Waals surface area contributed by atoms with Crippen molar-refractivity contribution in [2.24, 2.45) is 0 Å². The molecular formula is C25H38N2O6S. The van der Waals surface area contributed by atoms with E-state index < -0.39 is 33.3 Å². The average Bonchev–Trinajstić information content (AvgIpc) is 2.77. The van der Waals surface area contributed by atoms with Gasteiger partial charge in [-0.3, -0.25) is 0 Å². The Hall–Kier alpha value is -1.68. The maximum absolute atomic E-state index is 13.1. The van der Waals surface area contributed by atoms with Crippen LogP contribution in [0.15, 0.2) is 30.3 Å². The van der Waals surface area contributed by atoms with Gasteiger partial charge >= 0.3 is 6.09 Å². The highest BCUT2D eigenvalue weighted by molar-refractivity contribution is 7.89. The Balaban J connectivity index is 1.46. The SMILES string of the molecule is CC(C)(C)OC(=O)N1CCC[C@@]2(COCS(=O)(=O)N2)[C@@H]1COC1CCC(c2ccccc2)CC1. The van der Waals surface area contributed by atoms with Crippen LogP contribution in [0.1, 0.15) is 70.8 Å². The summed E-state index contributed by atoms with van der Waals surface area (Å²) < 4.78 is 45.3. The Morgan fingerprint density at radius 1 is 1.18 bits per heavy atom. The topological polar surface area (TPSA) is 94.2 Å². The lowest BCUT2D eigenvalue weighted by molar-refractivity contribution is -0.0741. The van der Waals surface area contributed by atoms with Crippen LogP contribution in [0.3, 0.4) is 0 Å². The second kappa shape index (κ2) is 10.1. The van der Waals surface area contributed by atoms with Crippen molar-refractivity contribution in [1.82, 2.24) is 9.62 Å². The molecule has 9 heteroatoms. The molecule has 1 amide bonds. The normalized spacial score (nSPS) is 31.9. The maximum Gasteiger partial charge on any atom is 0.410 e. The van der Waals surface area contributed by atoms with E-state index in [9.17, 15) is 13.2 Å². The van der Waals surface area contributed by atoms with E-state index in [0.717, 1.165) is 25.7 Å². The summed E-state index contributed by atoms with van der Waals surface area (Å²) in [6.07, 6.45) is 4.86. The van der Waals surface area contributed by atoms with Crippen LogP contribution in [-0.4, -0.2) is 68.4 Å². The molecule has 2 atom stereocenters. The van der Waals surface area contributed by atoms with Crippen molar-refractivity contribution in [1.29, 1.82) is 0 Å². The van der Waals surface area contributed by atoms with Crippen molar-refractivity contribution in [2.75, 3.05) is 25.7 Å². The molecule has 8 nitrogen and oxygen atoms in total. The molecule has 0 radical (unpaired) electrons. The van der Waals surface area contributed by atoms with Gasteiger partial charge in [0.15, 0.2) is 5.94 Å². The molecule has 0 bridgehead atoms. The molecule has 2 heterocycles. The van der Waals surface area contributed by atoms with Gasteiger partial charge in [-0.15, -0.1) is 0 Å². The number of rotatable bonds is 4. The highest BCUT2D eigenvalue weighted by Gasteiger charge is 2.52. The number of nitrogens with zero attached hydrogens (tertiary/aromatic N) is 1. The van der Waals surface area contributed by atoms with Crippen molar-refractivity contribution in [3.8, 4) is 0 Å². The summed E-state index contributed by atoms with van der Waals surface area (Å²) in [5.41, 5.74) is -0.184. The number of piperidine rings is 1. The van der Waals surface area contributed by atoms with Gasteiger partial charge in [0.2, 0.25) is 10.0 Å². The predicted molar refractivity (Wildman–Crippen MR) is 129 cm³/mol. The second-order valence-electron chi connectivity index (χ2n) is 10.8. The summed E-state index contributed by atoms with van der Waals surface area (Å²) in [6, 6.07) is 10.1. The van der Waals surface area contributed by atoms with E-state index in [-0.39, 0.29) is 25.3 Å². The number of nitrogens with one attached hydrogen (secondary N) is 1. The van der Waals surface area contributed by atoms with E-state index >= 15 is 0 Å². The van der Waals surface area contributed by atoms with Crippen molar-refractivity contribution in [2.45, 2.75) is 88.5 Å². The van der Waals surface area contributed by atoms with Gasteiger partial charge in [-0.05, 0) is 70.8 Å². The molecular weight excluding hydrogens is 456 g/mol. The van der Waals surface area contributed by atoms with Crippen LogP contribution in [-0.2, 0) is 24.2 Å².